The van der Waals surface area contributed by atoms with Gasteiger partial charge in [0.15, 0.2) is 0 Å². The van der Waals surface area contributed by atoms with Gasteiger partial charge in [0, 0.05) is 18.3 Å². The molecule has 1 unspecified atom stereocenters. The van der Waals surface area contributed by atoms with Crippen molar-refractivity contribution in [2.45, 2.75) is 25.9 Å². The van der Waals surface area contributed by atoms with Gasteiger partial charge in [0.1, 0.15) is 0 Å². The van der Waals surface area contributed by atoms with Gasteiger partial charge in [-0.2, -0.15) is 0 Å². The fraction of sp³-hybridized carbons (Fsp3) is 0.278. The van der Waals surface area contributed by atoms with Gasteiger partial charge in [0.05, 0.1) is 17.2 Å². The Labute approximate surface area is 141 Å². The second-order valence-corrected chi connectivity index (χ2v) is 5.71. The molecule has 3 N–H and O–H groups in total. The Morgan fingerprint density at radius 2 is 2.00 bits per heavy atom. The third-order valence-corrected chi connectivity index (χ3v) is 3.94. The molecule has 0 radical (unpaired) electrons. The van der Waals surface area contributed by atoms with Crippen molar-refractivity contribution in [3.8, 4) is 0 Å². The molecule has 122 valence electrons. The SMILES string of the molecule is CCC(CO)NCc1cccc(NC(=O)c2ccccc2Cl)c1. The molecule has 4 nitrogen and oxygen atoms in total. The van der Waals surface area contributed by atoms with Crippen molar-refractivity contribution < 1.29 is 9.90 Å². The van der Waals surface area contributed by atoms with E-state index in [-0.39, 0.29) is 18.6 Å². The second-order valence-electron chi connectivity index (χ2n) is 5.30. The normalized spacial score (nSPS) is 12.0. The third kappa shape index (κ3) is 5.06. The van der Waals surface area contributed by atoms with E-state index in [0.717, 1.165) is 12.0 Å². The number of carbonyl (C=O) groups excluding carboxylic acids is 1. The van der Waals surface area contributed by atoms with E-state index in [4.69, 9.17) is 11.6 Å². The van der Waals surface area contributed by atoms with Gasteiger partial charge in [-0.1, -0.05) is 42.8 Å². The summed E-state index contributed by atoms with van der Waals surface area (Å²) >= 11 is 6.04. The van der Waals surface area contributed by atoms with Crippen LogP contribution in [0.2, 0.25) is 5.02 Å². The van der Waals surface area contributed by atoms with Crippen LogP contribution in [0.5, 0.6) is 0 Å². The zero-order valence-electron chi connectivity index (χ0n) is 13.1. The van der Waals surface area contributed by atoms with Crippen molar-refractivity contribution in [2.75, 3.05) is 11.9 Å². The lowest BCUT2D eigenvalue weighted by Gasteiger charge is -2.14. The van der Waals surface area contributed by atoms with E-state index in [0.29, 0.717) is 22.8 Å². The second kappa shape index (κ2) is 8.67. The van der Waals surface area contributed by atoms with Gasteiger partial charge in [-0.25, -0.2) is 0 Å². The number of anilines is 1. The molecule has 2 aromatic carbocycles. The highest BCUT2D eigenvalue weighted by atomic mass is 35.5. The minimum absolute atomic E-state index is 0.0800. The summed E-state index contributed by atoms with van der Waals surface area (Å²) in [4.78, 5) is 12.3. The highest BCUT2D eigenvalue weighted by Crippen LogP contribution is 2.18. The molecular weight excluding hydrogens is 312 g/mol. The van der Waals surface area contributed by atoms with Crippen molar-refractivity contribution in [2.24, 2.45) is 0 Å². The van der Waals surface area contributed by atoms with Gasteiger partial charge in [0.2, 0.25) is 0 Å². The molecular formula is C18H21ClN2O2. The largest absolute Gasteiger partial charge is 0.395 e. The van der Waals surface area contributed by atoms with Crippen molar-refractivity contribution in [1.29, 1.82) is 0 Å². The van der Waals surface area contributed by atoms with Gasteiger partial charge in [-0.15, -0.1) is 0 Å². The predicted molar refractivity (Wildman–Crippen MR) is 93.9 cm³/mol. The van der Waals surface area contributed by atoms with Crippen LogP contribution in [-0.2, 0) is 6.54 Å². The monoisotopic (exact) mass is 332 g/mol. The minimum Gasteiger partial charge on any atom is -0.395 e. The van der Waals surface area contributed by atoms with Crippen molar-refractivity contribution in [3.63, 3.8) is 0 Å². The summed E-state index contributed by atoms with van der Waals surface area (Å²) in [5.74, 6) is -0.234. The highest BCUT2D eigenvalue weighted by Gasteiger charge is 2.10. The summed E-state index contributed by atoms with van der Waals surface area (Å²) in [6.45, 7) is 2.77. The summed E-state index contributed by atoms with van der Waals surface area (Å²) in [6, 6.07) is 14.6. The lowest BCUT2D eigenvalue weighted by molar-refractivity contribution is 0.102. The molecule has 0 aliphatic heterocycles. The quantitative estimate of drug-likeness (QED) is 0.727. The van der Waals surface area contributed by atoms with Crippen LogP contribution >= 0.6 is 11.6 Å². The van der Waals surface area contributed by atoms with Gasteiger partial charge < -0.3 is 15.7 Å². The van der Waals surface area contributed by atoms with Crippen LogP contribution in [0.1, 0.15) is 29.3 Å². The fourth-order valence-electron chi connectivity index (χ4n) is 2.20. The van der Waals surface area contributed by atoms with Crippen LogP contribution in [0.4, 0.5) is 5.69 Å². The number of halogens is 1. The van der Waals surface area contributed by atoms with Crippen LogP contribution in [0.15, 0.2) is 48.5 Å². The Morgan fingerprint density at radius 3 is 2.70 bits per heavy atom. The molecule has 0 bridgehead atoms. The molecule has 5 heteroatoms. The maximum Gasteiger partial charge on any atom is 0.257 e. The lowest BCUT2D eigenvalue weighted by Crippen LogP contribution is -2.31. The van der Waals surface area contributed by atoms with Crippen LogP contribution < -0.4 is 10.6 Å². The Hall–Kier alpha value is -1.88. The van der Waals surface area contributed by atoms with Gasteiger partial charge in [-0.05, 0) is 36.2 Å². The van der Waals surface area contributed by atoms with Crippen LogP contribution in [0.3, 0.4) is 0 Å². The zero-order valence-corrected chi connectivity index (χ0v) is 13.8. The average Bonchev–Trinajstić information content (AvgIpc) is 2.56. The maximum atomic E-state index is 12.3. The standard InChI is InChI=1S/C18H21ClN2O2/c1-2-14(12-22)20-11-13-6-5-7-15(10-13)21-18(23)16-8-3-4-9-17(16)19/h3-10,14,20,22H,2,11-12H2,1H3,(H,21,23). The van der Waals surface area contributed by atoms with Crippen molar-refractivity contribution in [3.05, 3.63) is 64.7 Å². The number of benzene rings is 2. The van der Waals surface area contributed by atoms with Gasteiger partial charge >= 0.3 is 0 Å². The summed E-state index contributed by atoms with van der Waals surface area (Å²) in [7, 11) is 0. The number of rotatable bonds is 7. The minimum atomic E-state index is -0.234. The maximum absolute atomic E-state index is 12.3. The van der Waals surface area contributed by atoms with Crippen LogP contribution in [0.25, 0.3) is 0 Å². The number of hydrogen-bond donors (Lipinski definition) is 3. The number of hydrogen-bond acceptors (Lipinski definition) is 3. The fourth-order valence-corrected chi connectivity index (χ4v) is 2.42. The first-order valence-electron chi connectivity index (χ1n) is 7.63. The molecule has 2 aromatic rings. The molecule has 1 atom stereocenters. The van der Waals surface area contributed by atoms with E-state index in [2.05, 4.69) is 10.6 Å². The lowest BCUT2D eigenvalue weighted by atomic mass is 10.1. The number of aliphatic hydroxyl groups is 1. The molecule has 0 fully saturated rings. The van der Waals surface area contributed by atoms with Gasteiger partial charge in [0.25, 0.3) is 5.91 Å². The summed E-state index contributed by atoms with van der Waals surface area (Å²) in [5.41, 5.74) is 2.20. The smallest absolute Gasteiger partial charge is 0.257 e. The Kier molecular flexibility index (Phi) is 6.59. The van der Waals surface area contributed by atoms with Gasteiger partial charge in [-0.3, -0.25) is 4.79 Å². The molecule has 0 spiro atoms. The topological polar surface area (TPSA) is 61.4 Å². The molecule has 0 saturated carbocycles. The molecule has 23 heavy (non-hydrogen) atoms. The Morgan fingerprint density at radius 1 is 1.22 bits per heavy atom. The molecule has 0 aromatic heterocycles. The third-order valence-electron chi connectivity index (χ3n) is 3.61. The van der Waals surface area contributed by atoms with E-state index in [1.54, 1.807) is 24.3 Å². The summed E-state index contributed by atoms with van der Waals surface area (Å²) in [6.07, 6.45) is 0.861. The number of amides is 1. The molecule has 2 rings (SSSR count). The van der Waals surface area contributed by atoms with E-state index < -0.39 is 0 Å². The summed E-state index contributed by atoms with van der Waals surface area (Å²) < 4.78 is 0. The molecule has 1 amide bonds. The number of aliphatic hydroxyl groups excluding tert-OH is 1. The predicted octanol–water partition coefficient (Wildman–Crippen LogP) is 3.45. The summed E-state index contributed by atoms with van der Waals surface area (Å²) in [5, 5.41) is 15.8. The zero-order chi connectivity index (χ0) is 16.7. The van der Waals surface area contributed by atoms with Crippen molar-refractivity contribution >= 4 is 23.2 Å². The number of nitrogens with one attached hydrogen (secondary N) is 2. The van der Waals surface area contributed by atoms with Crippen LogP contribution in [-0.4, -0.2) is 23.7 Å². The molecule has 0 heterocycles. The molecule has 0 aliphatic carbocycles. The average molecular weight is 333 g/mol. The van der Waals surface area contributed by atoms with E-state index in [1.165, 1.54) is 0 Å². The Balaban J connectivity index is 2.02. The van der Waals surface area contributed by atoms with Crippen molar-refractivity contribution in [1.82, 2.24) is 5.32 Å². The van der Waals surface area contributed by atoms with E-state index in [1.807, 2.05) is 31.2 Å². The van der Waals surface area contributed by atoms with E-state index >= 15 is 0 Å². The molecule has 0 saturated heterocycles. The number of carbonyl (C=O) groups is 1. The van der Waals surface area contributed by atoms with Crippen LogP contribution in [0, 0.1) is 0 Å². The first kappa shape index (κ1) is 17.5. The first-order valence-corrected chi connectivity index (χ1v) is 8.01. The first-order chi connectivity index (χ1) is 11.1. The Bertz CT molecular complexity index is 657. The highest BCUT2D eigenvalue weighted by molar-refractivity contribution is 6.34. The van der Waals surface area contributed by atoms with E-state index in [9.17, 15) is 9.90 Å². The molecule has 0 aliphatic rings.